The van der Waals surface area contributed by atoms with Crippen molar-refractivity contribution in [3.63, 3.8) is 0 Å². The third-order valence-electron chi connectivity index (χ3n) is 3.36. The van der Waals surface area contributed by atoms with Crippen LogP contribution >= 0.6 is 11.6 Å². The number of benzene rings is 3. The lowest BCUT2D eigenvalue weighted by Gasteiger charge is -2.10. The summed E-state index contributed by atoms with van der Waals surface area (Å²) in [6, 6.07) is 16.7. The Balaban J connectivity index is 0.00000126. The van der Waals surface area contributed by atoms with E-state index in [4.69, 9.17) is 16.3 Å². The van der Waals surface area contributed by atoms with E-state index in [-0.39, 0.29) is 17.1 Å². The topological polar surface area (TPSA) is 58.6 Å². The largest absolute Gasteiger partial charge is 0.504 e. The van der Waals surface area contributed by atoms with Crippen LogP contribution in [0, 0.1) is 5.82 Å². The van der Waals surface area contributed by atoms with Crippen molar-refractivity contribution in [1.29, 1.82) is 0 Å². The number of phenolic OH excluding ortho intramolecular Hbond substituents is 1. The summed E-state index contributed by atoms with van der Waals surface area (Å²) in [7, 11) is 0. The van der Waals surface area contributed by atoms with Crippen LogP contribution in [-0.4, -0.2) is 11.0 Å². The molecule has 0 aliphatic heterocycles. The number of phenols is 1. The number of aromatic hydroxyl groups is 1. The van der Waals surface area contributed by atoms with Gasteiger partial charge in [0.05, 0.1) is 5.56 Å². The van der Waals surface area contributed by atoms with Gasteiger partial charge >= 0.3 is 0 Å². The van der Waals surface area contributed by atoms with Gasteiger partial charge in [-0.2, -0.15) is 0 Å². The van der Waals surface area contributed by atoms with E-state index < -0.39 is 11.7 Å². The van der Waals surface area contributed by atoms with Crippen molar-refractivity contribution in [2.45, 2.75) is 13.8 Å². The van der Waals surface area contributed by atoms with Gasteiger partial charge in [-0.05, 0) is 42.5 Å². The van der Waals surface area contributed by atoms with Gasteiger partial charge in [-0.15, -0.1) is 0 Å². The van der Waals surface area contributed by atoms with Gasteiger partial charge in [0, 0.05) is 16.8 Å². The van der Waals surface area contributed by atoms with Crippen molar-refractivity contribution in [1.82, 2.24) is 0 Å². The standard InChI is InChI=1S/C19H13ClFNO3.C2H6/c20-12-4-3-5-14(10-12)25-18-9-8-13(11-17(18)23)22-19(24)15-6-1-2-7-16(15)21;1-2/h1-11,23H,(H,22,24);1-2H3. The second kappa shape index (κ2) is 9.59. The molecule has 0 aromatic heterocycles. The molecule has 27 heavy (non-hydrogen) atoms. The second-order valence-electron chi connectivity index (χ2n) is 5.18. The zero-order valence-electron chi connectivity index (χ0n) is 14.9. The minimum atomic E-state index is -0.620. The molecule has 0 saturated heterocycles. The van der Waals surface area contributed by atoms with E-state index in [9.17, 15) is 14.3 Å². The van der Waals surface area contributed by atoms with E-state index in [0.29, 0.717) is 16.5 Å². The number of carbonyl (C=O) groups excluding carboxylic acids is 1. The molecule has 0 bridgehead atoms. The highest BCUT2D eigenvalue weighted by Crippen LogP contribution is 2.33. The average Bonchev–Trinajstić information content (AvgIpc) is 2.66. The lowest BCUT2D eigenvalue weighted by atomic mass is 10.2. The number of hydrogen-bond acceptors (Lipinski definition) is 3. The average molecular weight is 388 g/mol. The highest BCUT2D eigenvalue weighted by atomic mass is 35.5. The zero-order chi connectivity index (χ0) is 19.8. The normalized spacial score (nSPS) is 9.78. The minimum Gasteiger partial charge on any atom is -0.504 e. The highest BCUT2D eigenvalue weighted by Gasteiger charge is 2.12. The monoisotopic (exact) mass is 387 g/mol. The van der Waals surface area contributed by atoms with Crippen LogP contribution in [0.1, 0.15) is 24.2 Å². The quantitative estimate of drug-likeness (QED) is 0.555. The lowest BCUT2D eigenvalue weighted by Crippen LogP contribution is -2.13. The summed E-state index contributed by atoms with van der Waals surface area (Å²) >= 11 is 5.88. The molecule has 0 heterocycles. The third-order valence-corrected chi connectivity index (χ3v) is 3.59. The van der Waals surface area contributed by atoms with Gasteiger partial charge in [-0.3, -0.25) is 4.79 Å². The Kier molecular flexibility index (Phi) is 7.20. The number of nitrogens with one attached hydrogen (secondary N) is 1. The SMILES string of the molecule is CC.O=C(Nc1ccc(Oc2cccc(Cl)c2)c(O)c1)c1ccccc1F. The zero-order valence-corrected chi connectivity index (χ0v) is 15.6. The van der Waals surface area contributed by atoms with E-state index in [1.807, 2.05) is 13.8 Å². The first-order chi connectivity index (χ1) is 13.0. The Morgan fingerprint density at radius 2 is 1.78 bits per heavy atom. The fraction of sp³-hybridized carbons (Fsp3) is 0.0952. The van der Waals surface area contributed by atoms with Crippen LogP contribution in [0.2, 0.25) is 5.02 Å². The molecule has 140 valence electrons. The van der Waals surface area contributed by atoms with E-state index >= 15 is 0 Å². The van der Waals surface area contributed by atoms with Crippen molar-refractivity contribution in [3.8, 4) is 17.2 Å². The van der Waals surface area contributed by atoms with Gasteiger partial charge in [0.1, 0.15) is 11.6 Å². The van der Waals surface area contributed by atoms with E-state index in [1.165, 1.54) is 30.3 Å². The van der Waals surface area contributed by atoms with Crippen LogP contribution in [0.25, 0.3) is 0 Å². The van der Waals surface area contributed by atoms with Gasteiger partial charge in [0.15, 0.2) is 11.5 Å². The number of carbonyl (C=O) groups is 1. The molecule has 0 unspecified atom stereocenters. The molecule has 3 rings (SSSR count). The van der Waals surface area contributed by atoms with Crippen LogP contribution in [-0.2, 0) is 0 Å². The number of ether oxygens (including phenoxy) is 1. The van der Waals surface area contributed by atoms with Gasteiger partial charge in [0.25, 0.3) is 5.91 Å². The number of halogens is 2. The molecule has 4 nitrogen and oxygen atoms in total. The molecule has 0 radical (unpaired) electrons. The first-order valence-electron chi connectivity index (χ1n) is 8.35. The predicted molar refractivity (Wildman–Crippen MR) is 105 cm³/mol. The molecule has 0 aliphatic carbocycles. The summed E-state index contributed by atoms with van der Waals surface area (Å²) in [5.74, 6) is -0.741. The molecule has 0 fully saturated rings. The first kappa shape index (κ1) is 20.3. The maximum atomic E-state index is 13.6. The van der Waals surface area contributed by atoms with E-state index in [2.05, 4.69) is 5.32 Å². The van der Waals surface area contributed by atoms with Gasteiger partial charge < -0.3 is 15.2 Å². The van der Waals surface area contributed by atoms with Crippen LogP contribution < -0.4 is 10.1 Å². The Bertz CT molecular complexity index is 931. The van der Waals surface area contributed by atoms with Crippen molar-refractivity contribution in [2.75, 3.05) is 5.32 Å². The van der Waals surface area contributed by atoms with Crippen molar-refractivity contribution < 1.29 is 19.0 Å². The summed E-state index contributed by atoms with van der Waals surface area (Å²) in [5, 5.41) is 13.1. The fourth-order valence-corrected chi connectivity index (χ4v) is 2.36. The molecule has 6 heteroatoms. The summed E-state index contributed by atoms with van der Waals surface area (Å²) in [6.07, 6.45) is 0. The van der Waals surface area contributed by atoms with Crippen LogP contribution in [0.5, 0.6) is 17.2 Å². The molecule has 3 aromatic carbocycles. The molecule has 3 aromatic rings. The fourth-order valence-electron chi connectivity index (χ4n) is 2.18. The van der Waals surface area contributed by atoms with Gasteiger partial charge in [-0.25, -0.2) is 4.39 Å². The Labute approximate surface area is 162 Å². The van der Waals surface area contributed by atoms with E-state index in [0.717, 1.165) is 0 Å². The summed E-state index contributed by atoms with van der Waals surface area (Å²) in [5.41, 5.74) is 0.227. The minimum absolute atomic E-state index is 0.0822. The molecule has 1 amide bonds. The summed E-state index contributed by atoms with van der Waals surface area (Å²) < 4.78 is 19.2. The number of amides is 1. The van der Waals surface area contributed by atoms with Crippen molar-refractivity contribution in [3.05, 3.63) is 83.1 Å². The van der Waals surface area contributed by atoms with Gasteiger partial charge in [-0.1, -0.05) is 43.6 Å². The predicted octanol–water partition coefficient (Wildman–Crippen LogP) is 6.26. The Hall–Kier alpha value is -3.05. The summed E-state index contributed by atoms with van der Waals surface area (Å²) in [6.45, 7) is 4.00. The maximum absolute atomic E-state index is 13.6. The number of rotatable bonds is 4. The summed E-state index contributed by atoms with van der Waals surface area (Å²) in [4.78, 5) is 12.1. The molecule has 0 spiro atoms. The Morgan fingerprint density at radius 1 is 1.04 bits per heavy atom. The van der Waals surface area contributed by atoms with Crippen molar-refractivity contribution in [2.24, 2.45) is 0 Å². The molecular weight excluding hydrogens is 369 g/mol. The maximum Gasteiger partial charge on any atom is 0.258 e. The van der Waals surface area contributed by atoms with Crippen LogP contribution in [0.4, 0.5) is 10.1 Å². The lowest BCUT2D eigenvalue weighted by molar-refractivity contribution is 0.102. The molecule has 0 aliphatic rings. The molecule has 2 N–H and O–H groups in total. The van der Waals surface area contributed by atoms with Crippen LogP contribution in [0.15, 0.2) is 66.7 Å². The second-order valence-corrected chi connectivity index (χ2v) is 5.61. The highest BCUT2D eigenvalue weighted by molar-refractivity contribution is 6.30. The van der Waals surface area contributed by atoms with E-state index in [1.54, 1.807) is 36.4 Å². The van der Waals surface area contributed by atoms with Crippen LogP contribution in [0.3, 0.4) is 0 Å². The number of anilines is 1. The Morgan fingerprint density at radius 3 is 2.44 bits per heavy atom. The molecular formula is C21H19ClFNO3. The molecule has 0 atom stereocenters. The smallest absolute Gasteiger partial charge is 0.258 e. The third kappa shape index (κ3) is 5.46. The van der Waals surface area contributed by atoms with Crippen molar-refractivity contribution >= 4 is 23.2 Å². The van der Waals surface area contributed by atoms with Gasteiger partial charge in [0.2, 0.25) is 0 Å². The first-order valence-corrected chi connectivity index (χ1v) is 8.73. The molecule has 0 saturated carbocycles. The number of hydrogen-bond donors (Lipinski definition) is 2.